The average molecular weight is 258 g/mol. The van der Waals surface area contributed by atoms with Crippen molar-refractivity contribution in [3.05, 3.63) is 53.8 Å². The van der Waals surface area contributed by atoms with Crippen LogP contribution in [-0.2, 0) is 6.54 Å². The number of fused-ring (bicyclic) bond motifs is 1. The van der Waals surface area contributed by atoms with Crippen LogP contribution in [0.5, 0.6) is 11.8 Å². The molecular weight excluding hydrogens is 247 g/mol. The Kier molecular flexibility index (Phi) is 2.89. The van der Waals surface area contributed by atoms with Gasteiger partial charge in [-0.25, -0.2) is 4.39 Å². The predicted molar refractivity (Wildman–Crippen MR) is 68.4 cm³/mol. The van der Waals surface area contributed by atoms with Crippen LogP contribution in [0.1, 0.15) is 5.56 Å². The van der Waals surface area contributed by atoms with Gasteiger partial charge in [0, 0.05) is 12.1 Å². The van der Waals surface area contributed by atoms with Gasteiger partial charge in [-0.05, 0) is 24.3 Å². The zero-order valence-electron chi connectivity index (χ0n) is 9.97. The minimum absolute atomic E-state index is 0.0439. The highest BCUT2D eigenvalue weighted by Gasteiger charge is 2.12. The molecule has 5 heteroatoms. The molecule has 2 aromatic carbocycles. The Balaban J connectivity index is 1.99. The first-order valence-corrected chi connectivity index (χ1v) is 5.79. The summed E-state index contributed by atoms with van der Waals surface area (Å²) in [6, 6.07) is 11.8. The van der Waals surface area contributed by atoms with Crippen LogP contribution < -0.4 is 10.5 Å². The summed E-state index contributed by atoms with van der Waals surface area (Å²) in [6.45, 7) is 0.0439. The molecule has 1 heterocycles. The highest BCUT2D eigenvalue weighted by atomic mass is 19.1. The number of hydrogen-bond donors (Lipinski definition) is 1. The third-order valence-electron chi connectivity index (χ3n) is 2.75. The molecule has 1 aromatic heterocycles. The summed E-state index contributed by atoms with van der Waals surface area (Å²) in [5.74, 6) is -0.0924. The van der Waals surface area contributed by atoms with Crippen LogP contribution in [0.25, 0.3) is 11.1 Å². The van der Waals surface area contributed by atoms with E-state index in [2.05, 4.69) is 4.98 Å². The van der Waals surface area contributed by atoms with Crippen LogP contribution in [0.4, 0.5) is 4.39 Å². The largest absolute Gasteiger partial charge is 0.410 e. The van der Waals surface area contributed by atoms with E-state index in [0.29, 0.717) is 22.4 Å². The van der Waals surface area contributed by atoms with Crippen molar-refractivity contribution in [3.63, 3.8) is 0 Å². The maximum atomic E-state index is 13.5. The highest BCUT2D eigenvalue weighted by Crippen LogP contribution is 2.28. The number of hydrogen-bond acceptors (Lipinski definition) is 4. The van der Waals surface area contributed by atoms with E-state index in [9.17, 15) is 4.39 Å². The Labute approximate surface area is 108 Å². The second-order valence-corrected chi connectivity index (χ2v) is 3.97. The van der Waals surface area contributed by atoms with Crippen LogP contribution in [0, 0.1) is 5.82 Å². The molecule has 0 spiro atoms. The quantitative estimate of drug-likeness (QED) is 0.783. The monoisotopic (exact) mass is 258 g/mol. The first-order valence-electron chi connectivity index (χ1n) is 5.79. The minimum atomic E-state index is -0.406. The summed E-state index contributed by atoms with van der Waals surface area (Å²) < 4.78 is 24.4. The van der Waals surface area contributed by atoms with E-state index in [1.165, 1.54) is 6.07 Å². The minimum Gasteiger partial charge on any atom is -0.410 e. The van der Waals surface area contributed by atoms with E-state index >= 15 is 0 Å². The third-order valence-corrected chi connectivity index (χ3v) is 2.75. The van der Waals surface area contributed by atoms with Crippen LogP contribution >= 0.6 is 0 Å². The molecule has 19 heavy (non-hydrogen) atoms. The van der Waals surface area contributed by atoms with Gasteiger partial charge >= 0.3 is 6.08 Å². The first kappa shape index (κ1) is 11.7. The second-order valence-electron chi connectivity index (χ2n) is 3.97. The number of nitrogens with zero attached hydrogens (tertiary/aromatic N) is 1. The smallest absolute Gasteiger partial charge is 0.400 e. The lowest BCUT2D eigenvalue weighted by atomic mass is 10.2. The molecule has 2 N–H and O–H groups in total. The topological polar surface area (TPSA) is 61.3 Å². The van der Waals surface area contributed by atoms with Gasteiger partial charge < -0.3 is 14.9 Å². The Morgan fingerprint density at radius 2 is 2.00 bits per heavy atom. The average Bonchev–Trinajstić information content (AvgIpc) is 2.81. The molecule has 4 nitrogen and oxygen atoms in total. The van der Waals surface area contributed by atoms with Gasteiger partial charge in [-0.2, -0.15) is 4.98 Å². The Hall–Kier alpha value is -2.40. The molecular formula is C14H11FN2O2. The van der Waals surface area contributed by atoms with Crippen LogP contribution in [-0.4, -0.2) is 4.98 Å². The summed E-state index contributed by atoms with van der Waals surface area (Å²) in [6.07, 6.45) is 0.0708. The Bertz CT molecular complexity index is 691. The fourth-order valence-electron chi connectivity index (χ4n) is 1.82. The molecule has 0 aliphatic carbocycles. The summed E-state index contributed by atoms with van der Waals surface area (Å²) in [5, 5.41) is 0. The number of benzene rings is 2. The van der Waals surface area contributed by atoms with E-state index < -0.39 is 5.82 Å². The third kappa shape index (κ3) is 2.15. The van der Waals surface area contributed by atoms with E-state index in [4.69, 9.17) is 14.9 Å². The number of para-hydroxylation sites is 2. The molecule has 0 fully saturated rings. The lowest BCUT2D eigenvalue weighted by Gasteiger charge is -2.06. The number of halogens is 1. The fourth-order valence-corrected chi connectivity index (χ4v) is 1.82. The van der Waals surface area contributed by atoms with E-state index in [-0.39, 0.29) is 12.6 Å². The summed E-state index contributed by atoms with van der Waals surface area (Å²) in [5.41, 5.74) is 7.10. The lowest BCUT2D eigenvalue weighted by Crippen LogP contribution is -2.02. The van der Waals surface area contributed by atoms with Crippen molar-refractivity contribution in [2.75, 3.05) is 0 Å². The van der Waals surface area contributed by atoms with Crippen molar-refractivity contribution in [1.82, 2.24) is 4.98 Å². The zero-order chi connectivity index (χ0) is 13.2. The maximum absolute atomic E-state index is 13.5. The van der Waals surface area contributed by atoms with Crippen LogP contribution in [0.3, 0.4) is 0 Å². The van der Waals surface area contributed by atoms with Crippen LogP contribution in [0.15, 0.2) is 46.9 Å². The molecule has 0 saturated carbocycles. The Morgan fingerprint density at radius 3 is 2.79 bits per heavy atom. The number of ether oxygens (including phenoxy) is 1. The maximum Gasteiger partial charge on any atom is 0.400 e. The molecule has 0 aliphatic heterocycles. The van der Waals surface area contributed by atoms with Crippen molar-refractivity contribution in [3.8, 4) is 11.8 Å². The summed E-state index contributed by atoms with van der Waals surface area (Å²) in [4.78, 5) is 4.16. The Morgan fingerprint density at radius 1 is 1.16 bits per heavy atom. The van der Waals surface area contributed by atoms with Crippen molar-refractivity contribution in [2.45, 2.75) is 6.54 Å². The molecule has 0 unspecified atom stereocenters. The van der Waals surface area contributed by atoms with Gasteiger partial charge in [0.1, 0.15) is 17.1 Å². The number of aromatic nitrogens is 1. The summed E-state index contributed by atoms with van der Waals surface area (Å²) in [7, 11) is 0. The lowest BCUT2D eigenvalue weighted by molar-refractivity contribution is 0.338. The van der Waals surface area contributed by atoms with E-state index in [0.717, 1.165) is 0 Å². The molecule has 0 bridgehead atoms. The van der Waals surface area contributed by atoms with Gasteiger partial charge in [-0.15, -0.1) is 0 Å². The molecule has 0 aliphatic rings. The van der Waals surface area contributed by atoms with E-state index in [1.807, 2.05) is 12.1 Å². The van der Waals surface area contributed by atoms with Crippen molar-refractivity contribution >= 4 is 11.1 Å². The molecule has 0 atom stereocenters. The first-order chi connectivity index (χ1) is 9.28. The molecule has 0 amide bonds. The number of nitrogens with two attached hydrogens (primary N) is 1. The van der Waals surface area contributed by atoms with Crippen LogP contribution in [0.2, 0.25) is 0 Å². The normalized spacial score (nSPS) is 10.8. The highest BCUT2D eigenvalue weighted by molar-refractivity contribution is 5.72. The standard InChI is InChI=1S/C14H11FN2O2/c15-10-4-3-7-12(9(10)8-16)18-14-17-11-5-1-2-6-13(11)19-14/h1-7H,8,16H2. The fraction of sp³-hybridized carbons (Fsp3) is 0.0714. The zero-order valence-corrected chi connectivity index (χ0v) is 9.97. The van der Waals surface area contributed by atoms with Gasteiger partial charge in [0.05, 0.1) is 0 Å². The molecule has 3 aromatic rings. The number of oxazole rings is 1. The predicted octanol–water partition coefficient (Wildman–Crippen LogP) is 3.22. The van der Waals surface area contributed by atoms with Crippen molar-refractivity contribution < 1.29 is 13.5 Å². The molecule has 0 saturated heterocycles. The molecule has 96 valence electrons. The van der Waals surface area contributed by atoms with Gasteiger partial charge in [0.25, 0.3) is 0 Å². The van der Waals surface area contributed by atoms with Gasteiger partial charge in [-0.1, -0.05) is 18.2 Å². The number of rotatable bonds is 3. The SMILES string of the molecule is NCc1c(F)cccc1Oc1nc2ccccc2o1. The second kappa shape index (κ2) is 4.70. The molecule has 0 radical (unpaired) electrons. The van der Waals surface area contributed by atoms with E-state index in [1.54, 1.807) is 24.3 Å². The molecule has 3 rings (SSSR count). The van der Waals surface area contributed by atoms with Gasteiger partial charge in [-0.3, -0.25) is 0 Å². The van der Waals surface area contributed by atoms with Gasteiger partial charge in [0.15, 0.2) is 5.58 Å². The van der Waals surface area contributed by atoms with Crippen molar-refractivity contribution in [1.29, 1.82) is 0 Å². The van der Waals surface area contributed by atoms with Crippen molar-refractivity contribution in [2.24, 2.45) is 5.73 Å². The summed E-state index contributed by atoms with van der Waals surface area (Å²) >= 11 is 0. The van der Waals surface area contributed by atoms with Gasteiger partial charge in [0.2, 0.25) is 0 Å².